The van der Waals surface area contributed by atoms with Crippen molar-refractivity contribution in [3.63, 3.8) is 0 Å². The third kappa shape index (κ3) is 2.92. The average Bonchev–Trinajstić information content (AvgIpc) is 2.56. The van der Waals surface area contributed by atoms with Crippen LogP contribution in [0.5, 0.6) is 0 Å². The van der Waals surface area contributed by atoms with Crippen molar-refractivity contribution in [1.29, 1.82) is 0 Å². The monoisotopic (exact) mass is 282 g/mol. The van der Waals surface area contributed by atoms with E-state index in [9.17, 15) is 4.79 Å². The van der Waals surface area contributed by atoms with Gasteiger partial charge in [-0.25, -0.2) is 4.98 Å². The Balaban J connectivity index is 1.79. The standard InChI is InChI=1S/C16H18N4O/c1-12-9-19-15(13-5-3-2-4-6-13)11-20(12)16(21)14-10-17-7-8-18-14/h2-8,10,12,15,19H,9,11H2,1H3. The van der Waals surface area contributed by atoms with Crippen LogP contribution in [-0.4, -0.2) is 39.9 Å². The smallest absolute Gasteiger partial charge is 0.274 e. The number of hydrogen-bond donors (Lipinski definition) is 1. The Labute approximate surface area is 124 Å². The Morgan fingerprint density at radius 2 is 2.10 bits per heavy atom. The lowest BCUT2D eigenvalue weighted by Gasteiger charge is -2.38. The molecule has 3 rings (SSSR count). The molecule has 2 unspecified atom stereocenters. The van der Waals surface area contributed by atoms with Gasteiger partial charge < -0.3 is 10.2 Å². The van der Waals surface area contributed by atoms with Crippen LogP contribution in [0, 0.1) is 0 Å². The van der Waals surface area contributed by atoms with Gasteiger partial charge in [0.2, 0.25) is 0 Å². The van der Waals surface area contributed by atoms with Gasteiger partial charge in [-0.15, -0.1) is 0 Å². The molecule has 1 amide bonds. The Morgan fingerprint density at radius 3 is 2.81 bits per heavy atom. The molecule has 108 valence electrons. The second kappa shape index (κ2) is 6.01. The topological polar surface area (TPSA) is 58.1 Å². The predicted molar refractivity (Wildman–Crippen MR) is 79.7 cm³/mol. The van der Waals surface area contributed by atoms with Crippen LogP contribution < -0.4 is 5.32 Å². The van der Waals surface area contributed by atoms with E-state index >= 15 is 0 Å². The zero-order chi connectivity index (χ0) is 14.7. The summed E-state index contributed by atoms with van der Waals surface area (Å²) in [6.45, 7) is 3.45. The molecule has 0 saturated carbocycles. The minimum Gasteiger partial charge on any atom is -0.331 e. The molecule has 0 aliphatic carbocycles. The molecule has 1 aliphatic rings. The molecule has 1 fully saturated rings. The fourth-order valence-electron chi connectivity index (χ4n) is 2.61. The molecule has 0 bridgehead atoms. The number of aromatic nitrogens is 2. The summed E-state index contributed by atoms with van der Waals surface area (Å²) < 4.78 is 0. The van der Waals surface area contributed by atoms with Crippen LogP contribution in [0.2, 0.25) is 0 Å². The number of piperazine rings is 1. The molecule has 5 heteroatoms. The second-order valence-corrected chi connectivity index (χ2v) is 5.27. The highest BCUT2D eigenvalue weighted by Crippen LogP contribution is 2.20. The molecule has 1 aromatic heterocycles. The van der Waals surface area contributed by atoms with Crippen LogP contribution in [0.15, 0.2) is 48.9 Å². The lowest BCUT2D eigenvalue weighted by atomic mass is 10.0. The number of nitrogens with zero attached hydrogens (tertiary/aromatic N) is 3. The van der Waals surface area contributed by atoms with Gasteiger partial charge >= 0.3 is 0 Å². The van der Waals surface area contributed by atoms with E-state index in [1.54, 1.807) is 12.4 Å². The van der Waals surface area contributed by atoms with Crippen molar-refractivity contribution >= 4 is 5.91 Å². The van der Waals surface area contributed by atoms with Gasteiger partial charge in [0.05, 0.1) is 6.20 Å². The van der Waals surface area contributed by atoms with Crippen LogP contribution in [-0.2, 0) is 0 Å². The van der Waals surface area contributed by atoms with E-state index in [1.807, 2.05) is 30.0 Å². The average molecular weight is 282 g/mol. The fourth-order valence-corrected chi connectivity index (χ4v) is 2.61. The summed E-state index contributed by atoms with van der Waals surface area (Å²) in [6, 6.07) is 10.5. The van der Waals surface area contributed by atoms with Crippen molar-refractivity contribution in [3.8, 4) is 0 Å². The molecule has 5 nitrogen and oxygen atoms in total. The Kier molecular flexibility index (Phi) is 3.92. The van der Waals surface area contributed by atoms with Crippen molar-refractivity contribution in [2.75, 3.05) is 13.1 Å². The first-order valence-electron chi connectivity index (χ1n) is 7.11. The molecule has 0 radical (unpaired) electrons. The first kappa shape index (κ1) is 13.7. The first-order valence-corrected chi connectivity index (χ1v) is 7.11. The van der Waals surface area contributed by atoms with Gasteiger partial charge in [-0.3, -0.25) is 9.78 Å². The summed E-state index contributed by atoms with van der Waals surface area (Å²) in [5, 5.41) is 3.49. The van der Waals surface area contributed by atoms with Crippen LogP contribution in [0.3, 0.4) is 0 Å². The summed E-state index contributed by atoms with van der Waals surface area (Å²) in [7, 11) is 0. The number of rotatable bonds is 2. The largest absolute Gasteiger partial charge is 0.331 e. The van der Waals surface area contributed by atoms with Crippen molar-refractivity contribution in [3.05, 3.63) is 60.2 Å². The lowest BCUT2D eigenvalue weighted by Crippen LogP contribution is -2.53. The van der Waals surface area contributed by atoms with Crippen molar-refractivity contribution in [2.45, 2.75) is 19.0 Å². The SMILES string of the molecule is CC1CNC(c2ccccc2)CN1C(=O)c1cnccn1. The molecule has 2 heterocycles. The highest BCUT2D eigenvalue weighted by molar-refractivity contribution is 5.92. The maximum Gasteiger partial charge on any atom is 0.274 e. The van der Waals surface area contributed by atoms with Gasteiger partial charge in [-0.1, -0.05) is 30.3 Å². The quantitative estimate of drug-likeness (QED) is 0.910. The molecule has 2 aromatic rings. The van der Waals surface area contributed by atoms with Gasteiger partial charge in [0.15, 0.2) is 0 Å². The van der Waals surface area contributed by atoms with Crippen LogP contribution in [0.25, 0.3) is 0 Å². The molecule has 0 spiro atoms. The molecule has 1 saturated heterocycles. The summed E-state index contributed by atoms with van der Waals surface area (Å²) in [6.07, 6.45) is 4.65. The number of amides is 1. The van der Waals surface area contributed by atoms with Crippen molar-refractivity contribution < 1.29 is 4.79 Å². The van der Waals surface area contributed by atoms with Gasteiger partial charge in [-0.2, -0.15) is 0 Å². The van der Waals surface area contributed by atoms with Gasteiger partial charge in [0, 0.05) is 37.6 Å². The predicted octanol–water partition coefficient (Wildman–Crippen LogP) is 1.65. The molecule has 1 aromatic carbocycles. The number of nitrogens with one attached hydrogen (secondary N) is 1. The number of carbonyl (C=O) groups is 1. The summed E-state index contributed by atoms with van der Waals surface area (Å²) in [4.78, 5) is 22.5. The highest BCUT2D eigenvalue weighted by Gasteiger charge is 2.30. The van der Waals surface area contributed by atoms with E-state index in [-0.39, 0.29) is 18.0 Å². The summed E-state index contributed by atoms with van der Waals surface area (Å²) in [5.41, 5.74) is 1.60. The number of hydrogen-bond acceptors (Lipinski definition) is 4. The molecule has 21 heavy (non-hydrogen) atoms. The van der Waals surface area contributed by atoms with E-state index in [4.69, 9.17) is 0 Å². The van der Waals surface area contributed by atoms with Gasteiger partial charge in [0.25, 0.3) is 5.91 Å². The Morgan fingerprint density at radius 1 is 1.29 bits per heavy atom. The lowest BCUT2D eigenvalue weighted by molar-refractivity contribution is 0.0600. The van der Waals surface area contributed by atoms with E-state index in [0.717, 1.165) is 6.54 Å². The molecular formula is C16H18N4O. The normalized spacial score (nSPS) is 22.0. The van der Waals surface area contributed by atoms with Gasteiger partial charge in [0.1, 0.15) is 5.69 Å². The fraction of sp³-hybridized carbons (Fsp3) is 0.312. The van der Waals surface area contributed by atoms with Crippen LogP contribution >= 0.6 is 0 Å². The van der Waals surface area contributed by atoms with E-state index in [2.05, 4.69) is 27.4 Å². The van der Waals surface area contributed by atoms with Crippen molar-refractivity contribution in [1.82, 2.24) is 20.2 Å². The van der Waals surface area contributed by atoms with Crippen molar-refractivity contribution in [2.24, 2.45) is 0 Å². The minimum atomic E-state index is -0.0574. The maximum atomic E-state index is 12.6. The molecular weight excluding hydrogens is 264 g/mol. The highest BCUT2D eigenvalue weighted by atomic mass is 16.2. The first-order chi connectivity index (χ1) is 10.3. The van der Waals surface area contributed by atoms with E-state index < -0.39 is 0 Å². The molecule has 2 atom stereocenters. The van der Waals surface area contributed by atoms with Crippen LogP contribution in [0.4, 0.5) is 0 Å². The summed E-state index contributed by atoms with van der Waals surface area (Å²) >= 11 is 0. The maximum absolute atomic E-state index is 12.6. The molecule has 1 N–H and O–H groups in total. The Hall–Kier alpha value is -2.27. The van der Waals surface area contributed by atoms with Crippen LogP contribution in [0.1, 0.15) is 29.0 Å². The zero-order valence-corrected chi connectivity index (χ0v) is 11.9. The zero-order valence-electron chi connectivity index (χ0n) is 11.9. The van der Waals surface area contributed by atoms with E-state index in [0.29, 0.717) is 12.2 Å². The Bertz CT molecular complexity index is 602. The van der Waals surface area contributed by atoms with Gasteiger partial charge in [-0.05, 0) is 12.5 Å². The molecule has 1 aliphatic heterocycles. The third-order valence-electron chi connectivity index (χ3n) is 3.82. The van der Waals surface area contributed by atoms with E-state index in [1.165, 1.54) is 11.8 Å². The minimum absolute atomic E-state index is 0.0574. The summed E-state index contributed by atoms with van der Waals surface area (Å²) in [5.74, 6) is -0.0574. The second-order valence-electron chi connectivity index (χ2n) is 5.27. The number of benzene rings is 1. The number of carbonyl (C=O) groups excluding carboxylic acids is 1. The third-order valence-corrected chi connectivity index (χ3v) is 3.82.